The maximum atomic E-state index is 5.04. The number of rotatable bonds is 7. The summed E-state index contributed by atoms with van der Waals surface area (Å²) in [5.74, 6) is 0.845. The number of anilines is 1. The van der Waals surface area contributed by atoms with Gasteiger partial charge in [-0.1, -0.05) is 0 Å². The summed E-state index contributed by atoms with van der Waals surface area (Å²) in [5.41, 5.74) is 0. The monoisotopic (exact) mass is 279 g/mol. The summed E-state index contributed by atoms with van der Waals surface area (Å²) >= 11 is 0. The Balaban J connectivity index is 1.71. The first-order chi connectivity index (χ1) is 9.81. The van der Waals surface area contributed by atoms with Gasteiger partial charge in [0.1, 0.15) is 0 Å². The fourth-order valence-corrected chi connectivity index (χ4v) is 2.43. The third-order valence-corrected chi connectivity index (χ3v) is 3.70. The van der Waals surface area contributed by atoms with Crippen molar-refractivity contribution in [2.45, 2.75) is 13.0 Å². The first kappa shape index (κ1) is 15.2. The Morgan fingerprint density at radius 3 is 2.60 bits per heavy atom. The van der Waals surface area contributed by atoms with Crippen molar-refractivity contribution in [3.63, 3.8) is 0 Å². The van der Waals surface area contributed by atoms with Crippen LogP contribution in [-0.4, -0.2) is 73.9 Å². The van der Waals surface area contributed by atoms with Crippen LogP contribution in [0.4, 0.5) is 5.95 Å². The summed E-state index contributed by atoms with van der Waals surface area (Å²) in [5, 5.41) is 3.42. The summed E-state index contributed by atoms with van der Waals surface area (Å²) < 4.78 is 5.04. The maximum Gasteiger partial charge on any atom is 0.225 e. The van der Waals surface area contributed by atoms with Gasteiger partial charge in [0.15, 0.2) is 0 Å². The van der Waals surface area contributed by atoms with Gasteiger partial charge in [0, 0.05) is 64.8 Å². The third kappa shape index (κ3) is 4.40. The van der Waals surface area contributed by atoms with Crippen molar-refractivity contribution in [2.24, 2.45) is 0 Å². The standard InChI is InChI=1S/C14H25N5O/c1-13(12-15-6-11-20-2)18-7-9-19(10-8-18)14-16-4-3-5-17-14/h3-5,13,15H,6-12H2,1-2H3. The smallest absolute Gasteiger partial charge is 0.225 e. The minimum atomic E-state index is 0.547. The first-order valence-corrected chi connectivity index (χ1v) is 7.27. The predicted octanol–water partition coefficient (Wildman–Crippen LogP) is 0.223. The zero-order valence-corrected chi connectivity index (χ0v) is 12.5. The summed E-state index contributed by atoms with van der Waals surface area (Å²) in [6.07, 6.45) is 3.61. The Hall–Kier alpha value is -1.24. The van der Waals surface area contributed by atoms with Gasteiger partial charge in [0.05, 0.1) is 6.61 Å². The van der Waals surface area contributed by atoms with E-state index in [-0.39, 0.29) is 0 Å². The molecule has 1 aromatic heterocycles. The van der Waals surface area contributed by atoms with E-state index in [0.717, 1.165) is 51.8 Å². The van der Waals surface area contributed by atoms with Crippen molar-refractivity contribution < 1.29 is 4.74 Å². The zero-order valence-electron chi connectivity index (χ0n) is 12.5. The van der Waals surface area contributed by atoms with Crippen LogP contribution >= 0.6 is 0 Å². The highest BCUT2D eigenvalue weighted by Gasteiger charge is 2.21. The summed E-state index contributed by atoms with van der Waals surface area (Å²) in [7, 11) is 1.73. The van der Waals surface area contributed by atoms with E-state index in [2.05, 4.69) is 32.0 Å². The molecule has 0 aromatic carbocycles. The predicted molar refractivity (Wildman–Crippen MR) is 80.0 cm³/mol. The minimum Gasteiger partial charge on any atom is -0.383 e. The summed E-state index contributed by atoms with van der Waals surface area (Å²) in [6, 6.07) is 2.40. The van der Waals surface area contributed by atoms with Gasteiger partial charge in [0.25, 0.3) is 0 Å². The van der Waals surface area contributed by atoms with Crippen LogP contribution in [-0.2, 0) is 4.74 Å². The minimum absolute atomic E-state index is 0.547. The molecule has 0 radical (unpaired) electrons. The maximum absolute atomic E-state index is 5.04. The highest BCUT2D eigenvalue weighted by Crippen LogP contribution is 2.11. The lowest BCUT2D eigenvalue weighted by Gasteiger charge is -2.38. The number of methoxy groups -OCH3 is 1. The van der Waals surface area contributed by atoms with E-state index in [1.165, 1.54) is 0 Å². The lowest BCUT2D eigenvalue weighted by Crippen LogP contribution is -2.52. The lowest BCUT2D eigenvalue weighted by atomic mass is 10.2. The van der Waals surface area contributed by atoms with Crippen molar-refractivity contribution in [1.29, 1.82) is 0 Å². The van der Waals surface area contributed by atoms with Crippen molar-refractivity contribution in [3.05, 3.63) is 18.5 Å². The van der Waals surface area contributed by atoms with Gasteiger partial charge in [-0.3, -0.25) is 4.90 Å². The molecule has 0 saturated carbocycles. The van der Waals surface area contributed by atoms with Crippen molar-refractivity contribution in [1.82, 2.24) is 20.2 Å². The molecule has 6 heteroatoms. The molecular formula is C14H25N5O. The largest absolute Gasteiger partial charge is 0.383 e. The number of piperazine rings is 1. The molecule has 1 aliphatic rings. The molecular weight excluding hydrogens is 254 g/mol. The molecule has 1 saturated heterocycles. The molecule has 1 unspecified atom stereocenters. The van der Waals surface area contributed by atoms with Gasteiger partial charge in [0.2, 0.25) is 5.95 Å². The molecule has 0 amide bonds. The highest BCUT2D eigenvalue weighted by atomic mass is 16.5. The fourth-order valence-electron chi connectivity index (χ4n) is 2.43. The normalized spacial score (nSPS) is 18.2. The second-order valence-electron chi connectivity index (χ2n) is 5.12. The molecule has 6 nitrogen and oxygen atoms in total. The van der Waals surface area contributed by atoms with Gasteiger partial charge < -0.3 is 15.0 Å². The molecule has 112 valence electrons. The molecule has 1 fully saturated rings. The number of nitrogens with zero attached hydrogens (tertiary/aromatic N) is 4. The molecule has 0 spiro atoms. The molecule has 20 heavy (non-hydrogen) atoms. The van der Waals surface area contributed by atoms with E-state index in [4.69, 9.17) is 4.74 Å². The Kier molecular flexibility index (Phi) is 6.17. The van der Waals surface area contributed by atoms with Crippen molar-refractivity contribution in [2.75, 3.05) is 57.9 Å². The van der Waals surface area contributed by atoms with Crippen molar-refractivity contribution in [3.8, 4) is 0 Å². The topological polar surface area (TPSA) is 53.5 Å². The van der Waals surface area contributed by atoms with Crippen LogP contribution < -0.4 is 10.2 Å². The average molecular weight is 279 g/mol. The molecule has 1 aromatic rings. The van der Waals surface area contributed by atoms with E-state index in [1.54, 1.807) is 19.5 Å². The van der Waals surface area contributed by atoms with Crippen LogP contribution in [0.5, 0.6) is 0 Å². The van der Waals surface area contributed by atoms with Crippen LogP contribution in [0.3, 0.4) is 0 Å². The van der Waals surface area contributed by atoms with Crippen LogP contribution in [0.15, 0.2) is 18.5 Å². The van der Waals surface area contributed by atoms with Gasteiger partial charge in [-0.25, -0.2) is 9.97 Å². The molecule has 1 atom stereocenters. The molecule has 0 aliphatic carbocycles. The van der Waals surface area contributed by atoms with Crippen LogP contribution in [0.1, 0.15) is 6.92 Å². The number of ether oxygens (including phenoxy) is 1. The van der Waals surface area contributed by atoms with E-state index < -0.39 is 0 Å². The molecule has 2 rings (SSSR count). The average Bonchev–Trinajstić information content (AvgIpc) is 2.52. The fraction of sp³-hybridized carbons (Fsp3) is 0.714. The van der Waals surface area contributed by atoms with Gasteiger partial charge in [-0.15, -0.1) is 0 Å². The highest BCUT2D eigenvalue weighted by molar-refractivity contribution is 5.29. The van der Waals surface area contributed by atoms with E-state index in [0.29, 0.717) is 6.04 Å². The second-order valence-corrected chi connectivity index (χ2v) is 5.12. The van der Waals surface area contributed by atoms with Gasteiger partial charge in [-0.05, 0) is 13.0 Å². The Labute approximate surface area is 121 Å². The molecule has 0 bridgehead atoms. The van der Waals surface area contributed by atoms with Crippen LogP contribution in [0, 0.1) is 0 Å². The van der Waals surface area contributed by atoms with E-state index >= 15 is 0 Å². The first-order valence-electron chi connectivity index (χ1n) is 7.27. The quantitative estimate of drug-likeness (QED) is 0.721. The Morgan fingerprint density at radius 1 is 1.25 bits per heavy atom. The van der Waals surface area contributed by atoms with Crippen molar-refractivity contribution >= 4 is 5.95 Å². The number of aromatic nitrogens is 2. The number of hydrogen-bond donors (Lipinski definition) is 1. The SMILES string of the molecule is COCCNCC(C)N1CCN(c2ncccn2)CC1. The Bertz CT molecular complexity index is 367. The molecule has 2 heterocycles. The third-order valence-electron chi connectivity index (χ3n) is 3.70. The van der Waals surface area contributed by atoms with E-state index in [9.17, 15) is 0 Å². The van der Waals surface area contributed by atoms with Crippen LogP contribution in [0.25, 0.3) is 0 Å². The Morgan fingerprint density at radius 2 is 1.95 bits per heavy atom. The zero-order chi connectivity index (χ0) is 14.2. The molecule has 1 aliphatic heterocycles. The van der Waals surface area contributed by atoms with E-state index in [1.807, 2.05) is 6.07 Å². The second kappa shape index (κ2) is 8.14. The number of hydrogen-bond acceptors (Lipinski definition) is 6. The lowest BCUT2D eigenvalue weighted by molar-refractivity contribution is 0.176. The van der Waals surface area contributed by atoms with Crippen LogP contribution in [0.2, 0.25) is 0 Å². The molecule has 1 N–H and O–H groups in total. The summed E-state index contributed by atoms with van der Waals surface area (Å²) in [4.78, 5) is 13.4. The number of nitrogens with one attached hydrogen (secondary N) is 1. The summed E-state index contributed by atoms with van der Waals surface area (Å²) in [6.45, 7) is 9.07. The van der Waals surface area contributed by atoms with Gasteiger partial charge in [-0.2, -0.15) is 0 Å². The van der Waals surface area contributed by atoms with Gasteiger partial charge >= 0.3 is 0 Å².